The maximum Gasteiger partial charge on any atom is 0.271 e. The topological polar surface area (TPSA) is 103 Å². The van der Waals surface area contributed by atoms with Gasteiger partial charge in [0.1, 0.15) is 12.1 Å². The van der Waals surface area contributed by atoms with Crippen LogP contribution in [0.15, 0.2) is 24.5 Å². The third-order valence-electron chi connectivity index (χ3n) is 6.87. The number of carbonyl (C=O) groups excluding carboxylic acids is 1. The minimum Gasteiger partial charge on any atom is -0.323 e. The van der Waals surface area contributed by atoms with E-state index >= 15 is 0 Å². The SMILES string of the molecule is O=C(Nc1cc([N+](=O)[O-])ccc1F)C12C[C@H]3C[C@H](C1)CC(n1cnc(Cl)n1)(C3)C2. The predicted molar refractivity (Wildman–Crippen MR) is 102 cm³/mol. The Morgan fingerprint density at radius 2 is 2.03 bits per heavy atom. The van der Waals surface area contributed by atoms with Gasteiger partial charge in [0.2, 0.25) is 11.2 Å². The molecule has 0 spiro atoms. The van der Waals surface area contributed by atoms with Crippen LogP contribution in [0.5, 0.6) is 0 Å². The second-order valence-electron chi connectivity index (χ2n) is 8.80. The summed E-state index contributed by atoms with van der Waals surface area (Å²) < 4.78 is 16.0. The van der Waals surface area contributed by atoms with Crippen molar-refractivity contribution in [2.75, 3.05) is 5.32 Å². The summed E-state index contributed by atoms with van der Waals surface area (Å²) in [5.41, 5.74) is -1.39. The molecule has 1 aromatic heterocycles. The largest absolute Gasteiger partial charge is 0.323 e. The highest BCUT2D eigenvalue weighted by Crippen LogP contribution is 2.64. The van der Waals surface area contributed by atoms with Crippen LogP contribution in [0, 0.1) is 33.2 Å². The van der Waals surface area contributed by atoms with Gasteiger partial charge in [0.25, 0.3) is 5.69 Å². The number of nitrogens with zero attached hydrogens (tertiary/aromatic N) is 4. The fourth-order valence-corrected chi connectivity index (χ4v) is 6.32. The van der Waals surface area contributed by atoms with Gasteiger partial charge in [-0.25, -0.2) is 14.1 Å². The zero-order valence-corrected chi connectivity index (χ0v) is 16.2. The maximum absolute atomic E-state index is 14.2. The molecule has 10 heteroatoms. The van der Waals surface area contributed by atoms with E-state index in [0.29, 0.717) is 18.3 Å². The first-order chi connectivity index (χ1) is 13.8. The van der Waals surface area contributed by atoms with Gasteiger partial charge in [-0.15, -0.1) is 5.10 Å². The molecule has 4 fully saturated rings. The number of halogens is 2. The van der Waals surface area contributed by atoms with Crippen LogP contribution < -0.4 is 5.32 Å². The van der Waals surface area contributed by atoms with Gasteiger partial charge >= 0.3 is 0 Å². The Bertz CT molecular complexity index is 1010. The molecule has 1 aromatic carbocycles. The molecule has 0 radical (unpaired) electrons. The van der Waals surface area contributed by atoms with Crippen molar-refractivity contribution in [2.45, 2.75) is 44.1 Å². The molecule has 2 atom stereocenters. The summed E-state index contributed by atoms with van der Waals surface area (Å²) in [5, 5.41) is 18.2. The van der Waals surface area contributed by atoms with Crippen molar-refractivity contribution in [3.8, 4) is 0 Å². The van der Waals surface area contributed by atoms with Crippen molar-refractivity contribution >= 4 is 28.9 Å². The van der Waals surface area contributed by atoms with Crippen LogP contribution in [0.3, 0.4) is 0 Å². The molecule has 152 valence electrons. The third-order valence-corrected chi connectivity index (χ3v) is 7.04. The van der Waals surface area contributed by atoms with Crippen LogP contribution in [-0.2, 0) is 10.3 Å². The highest BCUT2D eigenvalue weighted by atomic mass is 35.5. The molecule has 29 heavy (non-hydrogen) atoms. The molecule has 4 bridgehead atoms. The van der Waals surface area contributed by atoms with Crippen molar-refractivity contribution in [3.05, 3.63) is 45.7 Å². The highest BCUT2D eigenvalue weighted by molar-refractivity contribution is 6.28. The van der Waals surface area contributed by atoms with Gasteiger partial charge in [-0.1, -0.05) is 0 Å². The number of aromatic nitrogens is 3. The second kappa shape index (κ2) is 6.22. The van der Waals surface area contributed by atoms with E-state index in [-0.39, 0.29) is 28.1 Å². The number of hydrogen-bond acceptors (Lipinski definition) is 5. The van der Waals surface area contributed by atoms with Crippen LogP contribution in [-0.4, -0.2) is 25.6 Å². The number of non-ortho nitro benzene ring substituents is 1. The van der Waals surface area contributed by atoms with Gasteiger partial charge in [0.15, 0.2) is 0 Å². The summed E-state index contributed by atoms with van der Waals surface area (Å²) in [4.78, 5) is 27.8. The van der Waals surface area contributed by atoms with E-state index in [4.69, 9.17) is 11.6 Å². The molecule has 8 nitrogen and oxygen atoms in total. The Labute approximate surface area is 170 Å². The number of nitro groups is 1. The Balaban J connectivity index is 1.47. The summed E-state index contributed by atoms with van der Waals surface area (Å²) in [5.74, 6) is -0.215. The number of anilines is 1. The quantitative estimate of drug-likeness (QED) is 0.597. The number of hydrogen-bond donors (Lipinski definition) is 1. The molecule has 0 unspecified atom stereocenters. The number of benzene rings is 1. The molecule has 1 N–H and O–H groups in total. The van der Waals surface area contributed by atoms with E-state index in [1.807, 2.05) is 4.68 Å². The van der Waals surface area contributed by atoms with Crippen molar-refractivity contribution in [3.63, 3.8) is 0 Å². The zero-order valence-electron chi connectivity index (χ0n) is 15.5. The summed E-state index contributed by atoms with van der Waals surface area (Å²) >= 11 is 5.94. The lowest BCUT2D eigenvalue weighted by Crippen LogP contribution is -2.60. The fraction of sp³-hybridized carbons (Fsp3) is 0.526. The van der Waals surface area contributed by atoms with E-state index in [1.165, 1.54) is 0 Å². The first kappa shape index (κ1) is 18.5. The average Bonchev–Trinajstić information content (AvgIpc) is 3.09. The van der Waals surface area contributed by atoms with Crippen molar-refractivity contribution in [1.29, 1.82) is 0 Å². The van der Waals surface area contributed by atoms with Crippen LogP contribution in [0.4, 0.5) is 15.8 Å². The van der Waals surface area contributed by atoms with Gasteiger partial charge < -0.3 is 5.32 Å². The fourth-order valence-electron chi connectivity index (χ4n) is 6.20. The number of nitro benzene ring substituents is 1. The Kier molecular flexibility index (Phi) is 3.96. The summed E-state index contributed by atoms with van der Waals surface area (Å²) in [7, 11) is 0. The summed E-state index contributed by atoms with van der Waals surface area (Å²) in [6.07, 6.45) is 6.58. The van der Waals surface area contributed by atoms with Gasteiger partial charge in [-0.3, -0.25) is 14.9 Å². The zero-order chi connectivity index (χ0) is 20.4. The van der Waals surface area contributed by atoms with Crippen LogP contribution in [0.1, 0.15) is 38.5 Å². The van der Waals surface area contributed by atoms with E-state index < -0.39 is 16.2 Å². The van der Waals surface area contributed by atoms with Gasteiger partial charge in [-0.2, -0.15) is 0 Å². The maximum atomic E-state index is 14.2. The smallest absolute Gasteiger partial charge is 0.271 e. The number of rotatable bonds is 4. The van der Waals surface area contributed by atoms with Crippen molar-refractivity contribution < 1.29 is 14.1 Å². The molecule has 1 heterocycles. The lowest BCUT2D eigenvalue weighted by atomic mass is 9.46. The molecule has 0 aliphatic heterocycles. The standard InChI is InChI=1S/C19H19ClFN5O3/c20-17-22-10-25(24-17)19-7-11-3-12(8-19)6-18(5-11,9-19)16(27)23-15-4-13(26(28)29)1-2-14(15)21/h1-2,4,10-12H,3,5-9H2,(H,23,27)/t11-,12-,18?,19?/m1/s1. The molecule has 6 rings (SSSR count). The van der Waals surface area contributed by atoms with E-state index in [0.717, 1.165) is 50.3 Å². The molecular formula is C19H19ClFN5O3. The van der Waals surface area contributed by atoms with Crippen molar-refractivity contribution in [1.82, 2.24) is 14.8 Å². The van der Waals surface area contributed by atoms with Crippen molar-refractivity contribution in [2.24, 2.45) is 17.3 Å². The molecule has 4 aliphatic rings. The Hall–Kier alpha value is -2.55. The third kappa shape index (κ3) is 2.90. The normalized spacial score (nSPS) is 32.3. The number of nitrogens with one attached hydrogen (secondary N) is 1. The van der Waals surface area contributed by atoms with Gasteiger partial charge in [0, 0.05) is 12.1 Å². The first-order valence-corrected chi connectivity index (χ1v) is 9.99. The minimum absolute atomic E-state index is 0.155. The van der Waals surface area contributed by atoms with Crippen LogP contribution in [0.25, 0.3) is 0 Å². The minimum atomic E-state index is -0.688. The van der Waals surface area contributed by atoms with Gasteiger partial charge in [0.05, 0.1) is 21.6 Å². The first-order valence-electron chi connectivity index (χ1n) is 9.62. The number of carbonyl (C=O) groups is 1. The van der Waals surface area contributed by atoms with Crippen LogP contribution in [0.2, 0.25) is 5.28 Å². The number of amides is 1. The summed E-state index contributed by atoms with van der Waals surface area (Å²) in [6, 6.07) is 3.16. The molecule has 4 saturated carbocycles. The molecular weight excluding hydrogens is 401 g/mol. The molecule has 2 aromatic rings. The molecule has 4 aliphatic carbocycles. The van der Waals surface area contributed by atoms with Crippen LogP contribution >= 0.6 is 11.6 Å². The van der Waals surface area contributed by atoms with E-state index in [2.05, 4.69) is 15.4 Å². The Morgan fingerprint density at radius 1 is 1.31 bits per heavy atom. The van der Waals surface area contributed by atoms with E-state index in [9.17, 15) is 19.3 Å². The monoisotopic (exact) mass is 419 g/mol. The predicted octanol–water partition coefficient (Wildman–Crippen LogP) is 3.91. The molecule has 0 saturated heterocycles. The van der Waals surface area contributed by atoms with E-state index in [1.54, 1.807) is 6.33 Å². The van der Waals surface area contributed by atoms with Gasteiger partial charge in [-0.05, 0) is 68.0 Å². The molecule has 1 amide bonds. The summed E-state index contributed by atoms with van der Waals surface area (Å²) in [6.45, 7) is 0. The Morgan fingerprint density at radius 3 is 2.66 bits per heavy atom. The lowest BCUT2D eigenvalue weighted by molar-refractivity contribution is -0.384. The highest BCUT2D eigenvalue weighted by Gasteiger charge is 2.61. The second-order valence-corrected chi connectivity index (χ2v) is 9.14. The lowest BCUT2D eigenvalue weighted by Gasteiger charge is -2.60. The average molecular weight is 420 g/mol.